The van der Waals surface area contributed by atoms with Crippen molar-refractivity contribution in [1.82, 2.24) is 35.7 Å². The molecule has 1 saturated carbocycles. The van der Waals surface area contributed by atoms with Gasteiger partial charge in [-0.1, -0.05) is 0 Å². The number of H-pyrrole nitrogens is 2. The lowest BCUT2D eigenvalue weighted by Crippen LogP contribution is -2.42. The SMILES string of the molecule is O=C(N[C@H]1CCC[C@@H](Nc2nc(-c3c[nH]c4c(F)cc(F)cc34)nc(C(=O)O)c2F)C1)c1cn[nH]n1. The van der Waals surface area contributed by atoms with Crippen molar-refractivity contribution in [2.75, 3.05) is 5.32 Å². The van der Waals surface area contributed by atoms with Gasteiger partial charge in [0.25, 0.3) is 5.91 Å². The van der Waals surface area contributed by atoms with Gasteiger partial charge in [-0.15, -0.1) is 0 Å². The highest BCUT2D eigenvalue weighted by molar-refractivity contribution is 5.95. The summed E-state index contributed by atoms with van der Waals surface area (Å²) in [5.41, 5.74) is -0.672. The number of carboxylic acids is 1. The number of halogens is 3. The highest BCUT2D eigenvalue weighted by Gasteiger charge is 2.28. The molecule has 0 aliphatic heterocycles. The van der Waals surface area contributed by atoms with Crippen molar-refractivity contribution >= 4 is 28.6 Å². The fourth-order valence-electron chi connectivity index (χ4n) is 4.36. The number of benzene rings is 1. The number of aromatic nitrogens is 6. The lowest BCUT2D eigenvalue weighted by molar-refractivity contribution is 0.0684. The number of rotatable bonds is 6. The van der Waals surface area contributed by atoms with E-state index >= 15 is 4.39 Å². The minimum Gasteiger partial charge on any atom is -0.476 e. The molecule has 0 bridgehead atoms. The normalized spacial score (nSPS) is 17.8. The van der Waals surface area contributed by atoms with Gasteiger partial charge in [0.1, 0.15) is 11.6 Å². The molecule has 1 aliphatic carbocycles. The summed E-state index contributed by atoms with van der Waals surface area (Å²) >= 11 is 0. The monoisotopic (exact) mass is 500 g/mol. The standard InChI is InChI=1S/C22H19F3N8O3/c23-9-4-12-13(7-26-17(12)14(24)5-9)19-30-18(22(35)36)16(25)20(31-19)28-10-2-1-3-11(6-10)29-21(34)15-8-27-33-32-15/h4-5,7-8,10-11,26H,1-3,6H2,(H,29,34)(H,35,36)(H,27,32,33)(H,28,30,31)/t10-,11+/m1/s1. The third-order valence-electron chi connectivity index (χ3n) is 6.00. The Morgan fingerprint density at radius 2 is 1.92 bits per heavy atom. The van der Waals surface area contributed by atoms with Crippen molar-refractivity contribution in [3.63, 3.8) is 0 Å². The fourth-order valence-corrected chi connectivity index (χ4v) is 4.36. The van der Waals surface area contributed by atoms with Crippen LogP contribution in [-0.4, -0.2) is 59.4 Å². The van der Waals surface area contributed by atoms with Crippen LogP contribution in [0.3, 0.4) is 0 Å². The Kier molecular flexibility index (Phi) is 6.00. The average molecular weight is 500 g/mol. The molecule has 2 atom stereocenters. The molecule has 5 rings (SSSR count). The second-order valence-corrected chi connectivity index (χ2v) is 8.41. The minimum absolute atomic E-state index is 0.0244. The minimum atomic E-state index is -1.63. The number of carbonyl (C=O) groups excluding carboxylic acids is 1. The molecule has 1 aromatic carbocycles. The molecule has 0 radical (unpaired) electrons. The van der Waals surface area contributed by atoms with Crippen LogP contribution in [0.5, 0.6) is 0 Å². The molecule has 36 heavy (non-hydrogen) atoms. The maximum Gasteiger partial charge on any atom is 0.357 e. The van der Waals surface area contributed by atoms with E-state index in [0.717, 1.165) is 6.07 Å². The number of nitrogens with zero attached hydrogens (tertiary/aromatic N) is 4. The van der Waals surface area contributed by atoms with Crippen LogP contribution in [-0.2, 0) is 0 Å². The zero-order valence-electron chi connectivity index (χ0n) is 18.5. The second kappa shape index (κ2) is 9.28. The largest absolute Gasteiger partial charge is 0.476 e. The summed E-state index contributed by atoms with van der Waals surface area (Å²) in [4.78, 5) is 34.6. The highest BCUT2D eigenvalue weighted by Crippen LogP contribution is 2.31. The summed E-state index contributed by atoms with van der Waals surface area (Å²) in [6, 6.07) is 1.15. The number of carbonyl (C=O) groups is 2. The summed E-state index contributed by atoms with van der Waals surface area (Å²) in [5.74, 6) is -5.49. The third kappa shape index (κ3) is 4.44. The lowest BCUT2D eigenvalue weighted by atomic mass is 9.91. The van der Waals surface area contributed by atoms with E-state index in [2.05, 4.69) is 41.0 Å². The first-order valence-corrected chi connectivity index (χ1v) is 11.0. The molecule has 0 unspecified atom stereocenters. The quantitative estimate of drug-likeness (QED) is 0.270. The summed E-state index contributed by atoms with van der Waals surface area (Å²) < 4.78 is 43.0. The Morgan fingerprint density at radius 3 is 2.67 bits per heavy atom. The van der Waals surface area contributed by atoms with Gasteiger partial charge in [-0.05, 0) is 31.7 Å². The molecule has 3 aromatic heterocycles. The molecule has 11 nitrogen and oxygen atoms in total. The molecule has 5 N–H and O–H groups in total. The molecule has 4 aromatic rings. The van der Waals surface area contributed by atoms with E-state index in [1.807, 2.05) is 0 Å². The number of aromatic amines is 2. The zero-order valence-corrected chi connectivity index (χ0v) is 18.5. The van der Waals surface area contributed by atoms with E-state index in [4.69, 9.17) is 0 Å². The van der Waals surface area contributed by atoms with Crippen LogP contribution in [0.15, 0.2) is 24.5 Å². The first-order valence-electron chi connectivity index (χ1n) is 11.0. The predicted molar refractivity (Wildman–Crippen MR) is 120 cm³/mol. The maximum absolute atomic E-state index is 15.1. The number of hydrogen-bond donors (Lipinski definition) is 5. The summed E-state index contributed by atoms with van der Waals surface area (Å²) in [7, 11) is 0. The number of hydrogen-bond acceptors (Lipinski definition) is 7. The molecule has 1 amide bonds. The average Bonchev–Trinajstić information content (AvgIpc) is 3.51. The topological polar surface area (TPSA) is 162 Å². The van der Waals surface area contributed by atoms with Crippen molar-refractivity contribution in [1.29, 1.82) is 0 Å². The number of aromatic carboxylic acids is 1. The van der Waals surface area contributed by atoms with Gasteiger partial charge < -0.3 is 20.7 Å². The molecule has 0 saturated heterocycles. The van der Waals surface area contributed by atoms with Crippen molar-refractivity contribution < 1.29 is 27.9 Å². The smallest absolute Gasteiger partial charge is 0.357 e. The molecule has 1 aliphatic rings. The Morgan fingerprint density at radius 1 is 1.11 bits per heavy atom. The van der Waals surface area contributed by atoms with Gasteiger partial charge in [0.15, 0.2) is 28.8 Å². The van der Waals surface area contributed by atoms with E-state index in [9.17, 15) is 23.5 Å². The number of nitrogens with one attached hydrogen (secondary N) is 4. The van der Waals surface area contributed by atoms with Crippen LogP contribution in [0.2, 0.25) is 0 Å². The Bertz CT molecular complexity index is 1460. The van der Waals surface area contributed by atoms with Crippen molar-refractivity contribution in [3.05, 3.63) is 53.4 Å². The Labute approximate surface area is 200 Å². The summed E-state index contributed by atoms with van der Waals surface area (Å²) in [5, 5.41) is 25.1. The zero-order chi connectivity index (χ0) is 25.4. The van der Waals surface area contributed by atoms with Gasteiger partial charge in [0.2, 0.25) is 0 Å². The summed E-state index contributed by atoms with van der Waals surface area (Å²) in [6.45, 7) is 0. The van der Waals surface area contributed by atoms with Gasteiger partial charge in [-0.2, -0.15) is 15.4 Å². The fraction of sp³-hybridized carbons (Fsp3) is 0.273. The van der Waals surface area contributed by atoms with Crippen LogP contribution >= 0.6 is 0 Å². The second-order valence-electron chi connectivity index (χ2n) is 8.41. The van der Waals surface area contributed by atoms with Crippen LogP contribution < -0.4 is 10.6 Å². The molecule has 3 heterocycles. The molecule has 14 heteroatoms. The predicted octanol–water partition coefficient (Wildman–Crippen LogP) is 3.01. The highest BCUT2D eigenvalue weighted by atomic mass is 19.1. The van der Waals surface area contributed by atoms with E-state index in [1.165, 1.54) is 12.4 Å². The molecule has 0 spiro atoms. The van der Waals surface area contributed by atoms with Gasteiger partial charge in [0.05, 0.1) is 11.7 Å². The van der Waals surface area contributed by atoms with Crippen molar-refractivity contribution in [2.45, 2.75) is 37.8 Å². The number of fused-ring (bicyclic) bond motifs is 1. The van der Waals surface area contributed by atoms with Crippen LogP contribution in [0.4, 0.5) is 19.0 Å². The number of carboxylic acid groups (broad SMARTS) is 1. The Balaban J connectivity index is 1.43. The molecule has 186 valence electrons. The van der Waals surface area contributed by atoms with Crippen LogP contribution in [0.25, 0.3) is 22.3 Å². The van der Waals surface area contributed by atoms with Gasteiger partial charge >= 0.3 is 5.97 Å². The van der Waals surface area contributed by atoms with Crippen molar-refractivity contribution in [2.24, 2.45) is 0 Å². The van der Waals surface area contributed by atoms with Gasteiger partial charge in [-0.3, -0.25) is 4.79 Å². The van der Waals surface area contributed by atoms with Gasteiger partial charge in [-0.25, -0.2) is 27.9 Å². The Hall–Kier alpha value is -4.49. The van der Waals surface area contributed by atoms with Crippen LogP contribution in [0, 0.1) is 17.5 Å². The lowest BCUT2D eigenvalue weighted by Gasteiger charge is -2.30. The van der Waals surface area contributed by atoms with E-state index in [-0.39, 0.29) is 45.9 Å². The van der Waals surface area contributed by atoms with E-state index in [1.54, 1.807) is 0 Å². The van der Waals surface area contributed by atoms with E-state index in [0.29, 0.717) is 31.7 Å². The molecular formula is C22H19F3N8O3. The number of amides is 1. The van der Waals surface area contributed by atoms with Gasteiger partial charge in [0, 0.05) is 35.3 Å². The first kappa shape index (κ1) is 23.3. The van der Waals surface area contributed by atoms with E-state index < -0.39 is 35.0 Å². The summed E-state index contributed by atoms with van der Waals surface area (Å²) in [6.07, 6.45) is 5.00. The third-order valence-corrected chi connectivity index (χ3v) is 6.00. The molecule has 1 fully saturated rings. The molecular weight excluding hydrogens is 481 g/mol. The number of anilines is 1. The van der Waals surface area contributed by atoms with Crippen LogP contribution in [0.1, 0.15) is 46.7 Å². The maximum atomic E-state index is 15.1. The van der Waals surface area contributed by atoms with Crippen molar-refractivity contribution in [3.8, 4) is 11.4 Å². The first-order chi connectivity index (χ1) is 17.3.